The third-order valence-electron chi connectivity index (χ3n) is 8.92. The fourth-order valence-electron chi connectivity index (χ4n) is 6.09. The predicted molar refractivity (Wildman–Crippen MR) is 212 cm³/mol. The molecule has 0 bridgehead atoms. The fourth-order valence-corrected chi connectivity index (χ4v) is 6.09. The Morgan fingerprint density at radius 1 is 0.518 bits per heavy atom. The topological polar surface area (TPSA) is 149 Å². The number of hydrogen-bond acceptors (Lipinski definition) is 12. The van der Waals surface area contributed by atoms with Gasteiger partial charge < -0.3 is 28.4 Å². The minimum atomic E-state index is -0.921. The van der Waals surface area contributed by atoms with E-state index in [1.807, 2.05) is 72.8 Å². The molecule has 4 aromatic rings. The van der Waals surface area contributed by atoms with E-state index < -0.39 is 35.7 Å². The van der Waals surface area contributed by atoms with E-state index in [-0.39, 0.29) is 26.4 Å². The molecule has 1 aromatic heterocycles. The van der Waals surface area contributed by atoms with Crippen molar-refractivity contribution in [2.75, 3.05) is 39.6 Å². The van der Waals surface area contributed by atoms with Crippen LogP contribution in [0.25, 0.3) is 33.4 Å². The lowest BCUT2D eigenvalue weighted by molar-refractivity contribution is -0.163. The van der Waals surface area contributed by atoms with Crippen molar-refractivity contribution in [2.45, 2.75) is 79.1 Å². The van der Waals surface area contributed by atoms with Crippen LogP contribution in [0.5, 0.6) is 11.6 Å². The molecule has 1 heterocycles. The van der Waals surface area contributed by atoms with Gasteiger partial charge in [0.15, 0.2) is 17.7 Å². The van der Waals surface area contributed by atoms with E-state index in [4.69, 9.17) is 38.4 Å². The molecule has 0 aliphatic heterocycles. The van der Waals surface area contributed by atoms with Crippen LogP contribution in [-0.2, 0) is 38.1 Å². The van der Waals surface area contributed by atoms with Crippen molar-refractivity contribution in [1.29, 1.82) is 0 Å². The second-order valence-corrected chi connectivity index (χ2v) is 13.0. The molecule has 12 heteroatoms. The Hall–Kier alpha value is -5.52. The van der Waals surface area contributed by atoms with Gasteiger partial charge in [0.1, 0.15) is 5.75 Å². The standard InChI is InChI=1S/C44H54N2O10/c1-5-51-41(47)36(42(48)52-6-2)20-14-10-16-26-55-35-25-24-32-28-34(23-22-33(32)29-35)40-45-38(31-18-12-9-13-19-31)30-39(46-40)56-27-17-11-15-21-37(43(49)53-7-3)44(50)54-8-4/h9,12-13,18-19,22-25,28-30,36-37H,5-8,10-11,14-17,20-21,26-27H2,1-4H3. The van der Waals surface area contributed by atoms with Gasteiger partial charge in [0, 0.05) is 17.2 Å². The molecule has 0 aliphatic rings. The van der Waals surface area contributed by atoms with Crippen molar-refractivity contribution in [3.05, 3.63) is 72.8 Å². The first kappa shape index (κ1) is 43.2. The Morgan fingerprint density at radius 3 is 1.59 bits per heavy atom. The minimum Gasteiger partial charge on any atom is -0.494 e. The number of carbonyl (C=O) groups excluding carboxylic acids is 4. The molecule has 4 rings (SSSR count). The first-order valence-corrected chi connectivity index (χ1v) is 19.7. The van der Waals surface area contributed by atoms with Gasteiger partial charge in [-0.3, -0.25) is 19.2 Å². The summed E-state index contributed by atoms with van der Waals surface area (Å²) in [4.78, 5) is 58.7. The molecule has 0 amide bonds. The number of benzene rings is 3. The maximum Gasteiger partial charge on any atom is 0.320 e. The largest absolute Gasteiger partial charge is 0.494 e. The van der Waals surface area contributed by atoms with E-state index in [0.29, 0.717) is 57.0 Å². The van der Waals surface area contributed by atoms with Crippen LogP contribution in [0.15, 0.2) is 72.8 Å². The minimum absolute atomic E-state index is 0.205. The second-order valence-electron chi connectivity index (χ2n) is 13.0. The summed E-state index contributed by atoms with van der Waals surface area (Å²) in [6, 6.07) is 23.7. The molecule has 56 heavy (non-hydrogen) atoms. The van der Waals surface area contributed by atoms with Crippen LogP contribution in [0, 0.1) is 11.8 Å². The summed E-state index contributed by atoms with van der Waals surface area (Å²) in [5.74, 6) is -2.26. The van der Waals surface area contributed by atoms with Crippen molar-refractivity contribution in [3.8, 4) is 34.3 Å². The predicted octanol–water partition coefficient (Wildman–Crippen LogP) is 8.33. The van der Waals surface area contributed by atoms with E-state index in [1.165, 1.54) is 0 Å². The van der Waals surface area contributed by atoms with Gasteiger partial charge in [-0.1, -0.05) is 74.2 Å². The molecule has 0 unspecified atom stereocenters. The monoisotopic (exact) mass is 770 g/mol. The number of rotatable bonds is 24. The second kappa shape index (κ2) is 23.4. The van der Waals surface area contributed by atoms with E-state index in [1.54, 1.807) is 27.7 Å². The molecule has 0 fully saturated rings. The van der Waals surface area contributed by atoms with E-state index in [2.05, 4.69) is 0 Å². The zero-order chi connectivity index (χ0) is 40.1. The Labute approximate surface area is 329 Å². The van der Waals surface area contributed by atoms with Crippen LogP contribution in [0.1, 0.15) is 79.1 Å². The fraction of sp³-hybridized carbons (Fsp3) is 0.455. The summed E-state index contributed by atoms with van der Waals surface area (Å²) in [5, 5.41) is 2.00. The normalized spacial score (nSPS) is 11.0. The quantitative estimate of drug-likeness (QED) is 0.0292. The molecule has 0 saturated heterocycles. The molecule has 3 aromatic carbocycles. The van der Waals surface area contributed by atoms with Crippen LogP contribution >= 0.6 is 0 Å². The summed E-state index contributed by atoms with van der Waals surface area (Å²) >= 11 is 0. The highest BCUT2D eigenvalue weighted by Crippen LogP contribution is 2.29. The maximum atomic E-state index is 12.3. The number of unbranched alkanes of at least 4 members (excludes halogenated alkanes) is 4. The Morgan fingerprint density at radius 2 is 1.04 bits per heavy atom. The molecule has 12 nitrogen and oxygen atoms in total. The highest BCUT2D eigenvalue weighted by Gasteiger charge is 2.29. The van der Waals surface area contributed by atoms with Gasteiger partial charge in [-0.05, 0) is 82.3 Å². The summed E-state index contributed by atoms with van der Waals surface area (Å²) in [6.07, 6.45) is 5.02. The number of ether oxygens (including phenoxy) is 6. The number of carbonyl (C=O) groups is 4. The molecule has 0 aliphatic carbocycles. The average molecular weight is 771 g/mol. The first-order chi connectivity index (χ1) is 27.3. The van der Waals surface area contributed by atoms with Gasteiger partial charge in [-0.2, -0.15) is 4.98 Å². The molecule has 0 N–H and O–H groups in total. The average Bonchev–Trinajstić information content (AvgIpc) is 3.20. The summed E-state index contributed by atoms with van der Waals surface area (Å²) in [6.45, 7) is 8.59. The lowest BCUT2D eigenvalue weighted by atomic mass is 10.0. The Bertz CT molecular complexity index is 1830. The molecular weight excluding hydrogens is 716 g/mol. The van der Waals surface area contributed by atoms with Gasteiger partial charge in [-0.15, -0.1) is 0 Å². The van der Waals surface area contributed by atoms with Gasteiger partial charge in [0.2, 0.25) is 5.88 Å². The third-order valence-corrected chi connectivity index (χ3v) is 8.92. The van der Waals surface area contributed by atoms with Crippen molar-refractivity contribution in [2.24, 2.45) is 11.8 Å². The molecule has 0 radical (unpaired) electrons. The first-order valence-electron chi connectivity index (χ1n) is 19.7. The lowest BCUT2D eigenvalue weighted by Crippen LogP contribution is -2.28. The zero-order valence-electron chi connectivity index (χ0n) is 33.0. The van der Waals surface area contributed by atoms with Crippen LogP contribution in [0.3, 0.4) is 0 Å². The molecule has 0 spiro atoms. The Kier molecular flexibility index (Phi) is 18.1. The molecule has 0 atom stereocenters. The van der Waals surface area contributed by atoms with Crippen LogP contribution in [0.4, 0.5) is 0 Å². The summed E-state index contributed by atoms with van der Waals surface area (Å²) in [7, 11) is 0. The molecule has 300 valence electrons. The summed E-state index contributed by atoms with van der Waals surface area (Å²) in [5.41, 5.74) is 2.51. The van der Waals surface area contributed by atoms with Gasteiger partial charge in [0.05, 0.1) is 45.3 Å². The lowest BCUT2D eigenvalue weighted by Gasteiger charge is -2.14. The maximum absolute atomic E-state index is 12.3. The van der Waals surface area contributed by atoms with E-state index >= 15 is 0 Å². The molecule has 0 saturated carbocycles. The highest BCUT2D eigenvalue weighted by atomic mass is 16.6. The number of hydrogen-bond donors (Lipinski definition) is 0. The van der Waals surface area contributed by atoms with Crippen molar-refractivity contribution in [3.63, 3.8) is 0 Å². The molecular formula is C44H54N2O10. The number of nitrogens with zero attached hydrogens (tertiary/aromatic N) is 2. The SMILES string of the molecule is CCOC(=O)C(CCCCCOc1ccc2cc(-c3nc(OCCCCCC(C(=O)OCC)C(=O)OCC)cc(-c4ccccc4)n3)ccc2c1)C(=O)OCC. The van der Waals surface area contributed by atoms with Crippen LogP contribution in [0.2, 0.25) is 0 Å². The highest BCUT2D eigenvalue weighted by molar-refractivity contribution is 5.95. The Balaban J connectivity index is 1.35. The van der Waals surface area contributed by atoms with Crippen LogP contribution < -0.4 is 9.47 Å². The number of fused-ring (bicyclic) bond motifs is 1. The number of esters is 4. The van der Waals surface area contributed by atoms with Crippen molar-refractivity contribution in [1.82, 2.24) is 9.97 Å². The van der Waals surface area contributed by atoms with Crippen molar-refractivity contribution >= 4 is 34.6 Å². The van der Waals surface area contributed by atoms with Gasteiger partial charge in [-0.25, -0.2) is 4.98 Å². The summed E-state index contributed by atoms with van der Waals surface area (Å²) < 4.78 is 32.4. The number of aromatic nitrogens is 2. The zero-order valence-corrected chi connectivity index (χ0v) is 33.0. The van der Waals surface area contributed by atoms with Crippen molar-refractivity contribution < 1.29 is 47.6 Å². The van der Waals surface area contributed by atoms with E-state index in [0.717, 1.165) is 52.6 Å². The van der Waals surface area contributed by atoms with E-state index in [9.17, 15) is 19.2 Å². The van der Waals surface area contributed by atoms with Crippen LogP contribution in [-0.4, -0.2) is 73.5 Å². The third kappa shape index (κ3) is 13.3. The van der Waals surface area contributed by atoms with Gasteiger partial charge in [0.25, 0.3) is 0 Å². The smallest absolute Gasteiger partial charge is 0.320 e. The van der Waals surface area contributed by atoms with Gasteiger partial charge >= 0.3 is 23.9 Å².